The molecule has 5 heteroatoms. The fourth-order valence-corrected chi connectivity index (χ4v) is 1.93. The van der Waals surface area contributed by atoms with Crippen LogP contribution in [0, 0.1) is 0 Å². The zero-order valence-electron chi connectivity index (χ0n) is 9.11. The minimum absolute atomic E-state index is 0.103. The van der Waals surface area contributed by atoms with Gasteiger partial charge in [-0.2, -0.15) is 0 Å². The molecule has 0 aromatic rings. The van der Waals surface area contributed by atoms with Gasteiger partial charge in [-0.15, -0.1) is 0 Å². The van der Waals surface area contributed by atoms with E-state index in [2.05, 4.69) is 10.3 Å². The summed E-state index contributed by atoms with van der Waals surface area (Å²) in [6.45, 7) is 2.82. The molecule has 0 saturated carbocycles. The predicted octanol–water partition coefficient (Wildman–Crippen LogP) is -0.397. The minimum Gasteiger partial charge on any atom is -0.392 e. The van der Waals surface area contributed by atoms with Gasteiger partial charge in [-0.3, -0.25) is 10.2 Å². The summed E-state index contributed by atoms with van der Waals surface area (Å²) in [5, 5.41) is 9.44. The first kappa shape index (κ1) is 12.4. The van der Waals surface area contributed by atoms with Crippen molar-refractivity contribution in [1.82, 2.24) is 10.3 Å². The van der Waals surface area contributed by atoms with Gasteiger partial charge in [0.2, 0.25) is 5.91 Å². The summed E-state index contributed by atoms with van der Waals surface area (Å²) in [5.41, 5.74) is 2.12. The zero-order chi connectivity index (χ0) is 11.1. The Hall–Kier alpha value is -0.650. The van der Waals surface area contributed by atoms with Crippen molar-refractivity contribution in [2.75, 3.05) is 19.6 Å². The molecule has 1 amide bonds. The fourth-order valence-electron chi connectivity index (χ4n) is 1.93. The molecule has 1 aliphatic heterocycles. The highest BCUT2D eigenvalue weighted by atomic mass is 16.3. The molecule has 1 aliphatic rings. The highest BCUT2D eigenvalue weighted by Crippen LogP contribution is 2.10. The van der Waals surface area contributed by atoms with Crippen molar-refractivity contribution < 1.29 is 9.90 Å². The van der Waals surface area contributed by atoms with Crippen LogP contribution in [0.5, 0.6) is 0 Å². The van der Waals surface area contributed by atoms with Crippen LogP contribution in [0.3, 0.4) is 0 Å². The Morgan fingerprint density at radius 1 is 1.53 bits per heavy atom. The summed E-state index contributed by atoms with van der Waals surface area (Å²) < 4.78 is 0. The van der Waals surface area contributed by atoms with Gasteiger partial charge in [-0.25, -0.2) is 5.84 Å². The maximum Gasteiger partial charge on any atom is 0.233 e. The fraction of sp³-hybridized carbons (Fsp3) is 0.900. The number of aliphatic hydroxyl groups excluding tert-OH is 1. The molecule has 0 spiro atoms. The average molecular weight is 215 g/mol. The van der Waals surface area contributed by atoms with Gasteiger partial charge in [0.1, 0.15) is 0 Å². The second-order valence-corrected chi connectivity index (χ2v) is 4.12. The Labute approximate surface area is 90.6 Å². The number of unbranched alkanes of at least 4 members (excludes halogenated alkanes) is 1. The van der Waals surface area contributed by atoms with E-state index < -0.39 is 0 Å². The van der Waals surface area contributed by atoms with Gasteiger partial charge in [-0.05, 0) is 38.8 Å². The van der Waals surface area contributed by atoms with E-state index in [1.165, 1.54) is 0 Å². The number of likely N-dealkylation sites (tertiary alicyclic amines) is 1. The van der Waals surface area contributed by atoms with Crippen LogP contribution in [0.25, 0.3) is 0 Å². The molecule has 5 nitrogen and oxygen atoms in total. The summed E-state index contributed by atoms with van der Waals surface area (Å²) in [5.74, 6) is 4.87. The lowest BCUT2D eigenvalue weighted by Crippen LogP contribution is -2.38. The quantitative estimate of drug-likeness (QED) is 0.252. The van der Waals surface area contributed by atoms with Crippen LogP contribution in [0.4, 0.5) is 0 Å². The van der Waals surface area contributed by atoms with E-state index in [0.29, 0.717) is 6.42 Å². The minimum atomic E-state index is -0.161. The molecule has 88 valence electrons. The molecule has 1 heterocycles. The van der Waals surface area contributed by atoms with E-state index in [1.807, 2.05) is 0 Å². The number of hydrogen-bond acceptors (Lipinski definition) is 4. The summed E-state index contributed by atoms with van der Waals surface area (Å²) in [6.07, 6.45) is 4.17. The van der Waals surface area contributed by atoms with Gasteiger partial charge < -0.3 is 10.0 Å². The van der Waals surface area contributed by atoms with E-state index in [-0.39, 0.29) is 12.0 Å². The van der Waals surface area contributed by atoms with Crippen LogP contribution in [0.2, 0.25) is 0 Å². The smallest absolute Gasteiger partial charge is 0.233 e. The van der Waals surface area contributed by atoms with Crippen molar-refractivity contribution in [3.05, 3.63) is 0 Å². The van der Waals surface area contributed by atoms with E-state index >= 15 is 0 Å². The maximum atomic E-state index is 10.8. The lowest BCUT2D eigenvalue weighted by atomic mass is 10.1. The third-order valence-corrected chi connectivity index (χ3v) is 2.77. The average Bonchev–Trinajstić information content (AvgIpc) is 2.24. The number of piperidine rings is 1. The molecule has 0 bridgehead atoms. The zero-order valence-corrected chi connectivity index (χ0v) is 9.11. The summed E-state index contributed by atoms with van der Waals surface area (Å²) >= 11 is 0. The molecule has 1 unspecified atom stereocenters. The summed E-state index contributed by atoms with van der Waals surface area (Å²) in [7, 11) is 0. The summed E-state index contributed by atoms with van der Waals surface area (Å²) in [4.78, 5) is 13.1. The Balaban J connectivity index is 2.02. The van der Waals surface area contributed by atoms with Gasteiger partial charge in [0.15, 0.2) is 0 Å². The highest BCUT2D eigenvalue weighted by molar-refractivity contribution is 5.75. The highest BCUT2D eigenvalue weighted by Gasteiger charge is 2.16. The predicted molar refractivity (Wildman–Crippen MR) is 57.9 cm³/mol. The Kier molecular flexibility index (Phi) is 5.60. The van der Waals surface area contributed by atoms with Crippen molar-refractivity contribution in [1.29, 1.82) is 0 Å². The second-order valence-electron chi connectivity index (χ2n) is 4.12. The largest absolute Gasteiger partial charge is 0.392 e. The number of hydrazine groups is 1. The molecule has 0 aliphatic carbocycles. The van der Waals surface area contributed by atoms with Gasteiger partial charge in [-0.1, -0.05) is 0 Å². The molecular weight excluding hydrogens is 194 g/mol. The third kappa shape index (κ3) is 5.11. The monoisotopic (exact) mass is 215 g/mol. The van der Waals surface area contributed by atoms with E-state index in [4.69, 9.17) is 5.84 Å². The number of aliphatic hydroxyl groups is 1. The van der Waals surface area contributed by atoms with Gasteiger partial charge in [0, 0.05) is 13.0 Å². The number of carbonyl (C=O) groups excluding carboxylic acids is 1. The Morgan fingerprint density at radius 2 is 2.33 bits per heavy atom. The van der Waals surface area contributed by atoms with Crippen molar-refractivity contribution in [3.63, 3.8) is 0 Å². The van der Waals surface area contributed by atoms with Crippen molar-refractivity contribution in [2.24, 2.45) is 5.84 Å². The molecular formula is C10H21N3O2. The molecule has 1 fully saturated rings. The van der Waals surface area contributed by atoms with Crippen LogP contribution in [-0.2, 0) is 4.79 Å². The van der Waals surface area contributed by atoms with Crippen LogP contribution in [0.1, 0.15) is 32.1 Å². The normalized spacial score (nSPS) is 22.7. The molecule has 0 radical (unpaired) electrons. The van der Waals surface area contributed by atoms with Crippen LogP contribution >= 0.6 is 0 Å². The Morgan fingerprint density at radius 3 is 3.00 bits per heavy atom. The number of β-amino-alcohol motifs (C(OH)–C–C–N with tert-alkyl or cyclic N) is 1. The number of nitrogens with one attached hydrogen (secondary N) is 1. The van der Waals surface area contributed by atoms with Crippen molar-refractivity contribution >= 4 is 5.91 Å². The standard InChI is InChI=1S/C10H21N3O2/c11-12-10(15)5-1-2-6-13-7-3-4-9(14)8-13/h9,14H,1-8,11H2,(H,12,15). The molecule has 4 N–H and O–H groups in total. The first-order chi connectivity index (χ1) is 7.22. The second kappa shape index (κ2) is 6.76. The van der Waals surface area contributed by atoms with Crippen LogP contribution in [-0.4, -0.2) is 41.7 Å². The molecule has 1 saturated heterocycles. The molecule has 1 atom stereocenters. The third-order valence-electron chi connectivity index (χ3n) is 2.77. The van der Waals surface area contributed by atoms with Crippen LogP contribution in [0.15, 0.2) is 0 Å². The molecule has 15 heavy (non-hydrogen) atoms. The number of amides is 1. The molecule has 0 aromatic heterocycles. The van der Waals surface area contributed by atoms with Crippen molar-refractivity contribution in [2.45, 2.75) is 38.2 Å². The number of carbonyl (C=O) groups is 1. The number of hydrogen-bond donors (Lipinski definition) is 3. The van der Waals surface area contributed by atoms with Gasteiger partial charge in [0.05, 0.1) is 6.10 Å². The first-order valence-electron chi connectivity index (χ1n) is 5.62. The topological polar surface area (TPSA) is 78.6 Å². The first-order valence-corrected chi connectivity index (χ1v) is 5.62. The molecule has 1 rings (SSSR count). The van der Waals surface area contributed by atoms with Gasteiger partial charge >= 0.3 is 0 Å². The molecule has 0 aromatic carbocycles. The van der Waals surface area contributed by atoms with Gasteiger partial charge in [0.25, 0.3) is 0 Å². The SMILES string of the molecule is NNC(=O)CCCCN1CCCC(O)C1. The van der Waals surface area contributed by atoms with E-state index in [9.17, 15) is 9.90 Å². The summed E-state index contributed by atoms with van der Waals surface area (Å²) in [6, 6.07) is 0. The lowest BCUT2D eigenvalue weighted by Gasteiger charge is -2.29. The van der Waals surface area contributed by atoms with Crippen molar-refractivity contribution in [3.8, 4) is 0 Å². The maximum absolute atomic E-state index is 10.8. The number of rotatable bonds is 5. The number of nitrogens with zero attached hydrogens (tertiary/aromatic N) is 1. The van der Waals surface area contributed by atoms with E-state index in [1.54, 1.807) is 0 Å². The lowest BCUT2D eigenvalue weighted by molar-refractivity contribution is -0.121. The van der Waals surface area contributed by atoms with Crippen LogP contribution < -0.4 is 11.3 Å². The number of nitrogens with two attached hydrogens (primary N) is 1. The van der Waals surface area contributed by atoms with E-state index in [0.717, 1.165) is 45.3 Å². The Bertz CT molecular complexity index is 199.